The van der Waals surface area contributed by atoms with E-state index in [1.807, 2.05) is 6.07 Å². The van der Waals surface area contributed by atoms with Crippen LogP contribution in [0.4, 0.5) is 15.8 Å². The number of aromatic nitrogens is 1. The number of rotatable bonds is 7. The van der Waals surface area contributed by atoms with Crippen LogP contribution in [0.2, 0.25) is 0 Å². The van der Waals surface area contributed by atoms with E-state index in [0.717, 1.165) is 11.8 Å². The maximum Gasteiger partial charge on any atom is 0.150 e. The second kappa shape index (κ2) is 6.86. The van der Waals surface area contributed by atoms with Crippen molar-refractivity contribution in [2.24, 2.45) is 0 Å². The Bertz CT molecular complexity index is 601. The Morgan fingerprint density at radius 3 is 3.10 bits per heavy atom. The Morgan fingerprint density at radius 1 is 1.45 bits per heavy atom. The molecule has 0 fully saturated rings. The van der Waals surface area contributed by atoms with Gasteiger partial charge >= 0.3 is 0 Å². The normalized spacial score (nSPS) is 10.7. The van der Waals surface area contributed by atoms with Crippen LogP contribution in [-0.2, 0) is 4.74 Å². The standard InChI is InChI=1S/C15H18FN3O/c1-2-3-8-20-9-7-19-15-12(16)10-13(17)11-5-4-6-18-14(11)15/h2,4-6,10,19H,1,3,7-9,17H2. The highest BCUT2D eigenvalue weighted by Gasteiger charge is 2.11. The first-order valence-corrected chi connectivity index (χ1v) is 6.49. The van der Waals surface area contributed by atoms with Gasteiger partial charge in [0.2, 0.25) is 0 Å². The second-order valence-corrected chi connectivity index (χ2v) is 4.34. The Labute approximate surface area is 117 Å². The number of ether oxygens (including phenoxy) is 1. The third-order valence-corrected chi connectivity index (χ3v) is 2.89. The van der Waals surface area contributed by atoms with Crippen LogP contribution >= 0.6 is 0 Å². The molecule has 0 saturated carbocycles. The molecular formula is C15H18FN3O. The third kappa shape index (κ3) is 3.24. The topological polar surface area (TPSA) is 60.2 Å². The van der Waals surface area contributed by atoms with Crippen molar-refractivity contribution < 1.29 is 9.13 Å². The lowest BCUT2D eigenvalue weighted by atomic mass is 10.1. The van der Waals surface area contributed by atoms with Crippen molar-refractivity contribution in [1.82, 2.24) is 4.98 Å². The lowest BCUT2D eigenvalue weighted by Gasteiger charge is -2.12. The monoisotopic (exact) mass is 275 g/mol. The van der Waals surface area contributed by atoms with Crippen molar-refractivity contribution in [2.45, 2.75) is 6.42 Å². The Morgan fingerprint density at radius 2 is 2.30 bits per heavy atom. The average Bonchev–Trinajstić information content (AvgIpc) is 2.45. The molecule has 4 nitrogen and oxygen atoms in total. The minimum Gasteiger partial charge on any atom is -0.398 e. The lowest BCUT2D eigenvalue weighted by molar-refractivity contribution is 0.149. The van der Waals surface area contributed by atoms with Crippen molar-refractivity contribution in [3.63, 3.8) is 0 Å². The predicted octanol–water partition coefficient (Wildman–Crippen LogP) is 2.96. The van der Waals surface area contributed by atoms with Crippen molar-refractivity contribution in [3.8, 4) is 0 Å². The average molecular weight is 275 g/mol. The summed E-state index contributed by atoms with van der Waals surface area (Å²) in [4.78, 5) is 4.19. The molecule has 0 bridgehead atoms. The van der Waals surface area contributed by atoms with Gasteiger partial charge in [-0.25, -0.2) is 4.39 Å². The van der Waals surface area contributed by atoms with Crippen LogP contribution in [-0.4, -0.2) is 24.7 Å². The van der Waals surface area contributed by atoms with Crippen LogP contribution in [0.3, 0.4) is 0 Å². The number of halogens is 1. The van der Waals surface area contributed by atoms with Gasteiger partial charge in [0.1, 0.15) is 0 Å². The molecule has 0 radical (unpaired) electrons. The molecule has 0 aliphatic carbocycles. The zero-order valence-corrected chi connectivity index (χ0v) is 11.2. The molecule has 106 valence electrons. The summed E-state index contributed by atoms with van der Waals surface area (Å²) in [5.74, 6) is -0.403. The van der Waals surface area contributed by atoms with E-state index >= 15 is 0 Å². The van der Waals surface area contributed by atoms with Crippen LogP contribution in [0.15, 0.2) is 37.1 Å². The first kappa shape index (κ1) is 14.3. The molecule has 20 heavy (non-hydrogen) atoms. The van der Waals surface area contributed by atoms with E-state index in [4.69, 9.17) is 10.5 Å². The van der Waals surface area contributed by atoms with E-state index < -0.39 is 5.82 Å². The van der Waals surface area contributed by atoms with Gasteiger partial charge < -0.3 is 15.8 Å². The lowest BCUT2D eigenvalue weighted by Crippen LogP contribution is -2.12. The van der Waals surface area contributed by atoms with Gasteiger partial charge in [-0.05, 0) is 24.6 Å². The van der Waals surface area contributed by atoms with E-state index in [1.54, 1.807) is 18.3 Å². The highest BCUT2D eigenvalue weighted by Crippen LogP contribution is 2.29. The largest absolute Gasteiger partial charge is 0.398 e. The summed E-state index contributed by atoms with van der Waals surface area (Å²) in [6.07, 6.45) is 4.22. The molecule has 2 aromatic rings. The van der Waals surface area contributed by atoms with Gasteiger partial charge in [0.15, 0.2) is 5.82 Å². The maximum absolute atomic E-state index is 14.0. The fourth-order valence-corrected chi connectivity index (χ4v) is 1.92. The minimum absolute atomic E-state index is 0.363. The number of nitrogens with zero attached hydrogens (tertiary/aromatic N) is 1. The number of anilines is 2. The fourth-order valence-electron chi connectivity index (χ4n) is 1.92. The molecule has 1 aromatic heterocycles. The molecule has 0 atom stereocenters. The molecule has 0 spiro atoms. The fraction of sp³-hybridized carbons (Fsp3) is 0.267. The van der Waals surface area contributed by atoms with Crippen LogP contribution in [0, 0.1) is 5.82 Å². The minimum atomic E-state index is -0.403. The Hall–Kier alpha value is -2.14. The number of fused-ring (bicyclic) bond motifs is 1. The molecule has 0 aliphatic heterocycles. The number of nitrogens with one attached hydrogen (secondary N) is 1. The molecule has 1 heterocycles. The van der Waals surface area contributed by atoms with Gasteiger partial charge in [0.05, 0.1) is 24.4 Å². The van der Waals surface area contributed by atoms with Crippen LogP contribution in [0.25, 0.3) is 10.9 Å². The third-order valence-electron chi connectivity index (χ3n) is 2.89. The second-order valence-electron chi connectivity index (χ2n) is 4.34. The quantitative estimate of drug-likeness (QED) is 0.463. The summed E-state index contributed by atoms with van der Waals surface area (Å²) in [6, 6.07) is 4.91. The number of hydrogen-bond acceptors (Lipinski definition) is 4. The smallest absolute Gasteiger partial charge is 0.150 e. The van der Waals surface area contributed by atoms with E-state index in [2.05, 4.69) is 16.9 Å². The van der Waals surface area contributed by atoms with E-state index in [1.165, 1.54) is 6.07 Å². The number of nitrogens with two attached hydrogens (primary N) is 1. The van der Waals surface area contributed by atoms with Crippen LogP contribution in [0.1, 0.15) is 6.42 Å². The summed E-state index contributed by atoms with van der Waals surface area (Å²) in [5.41, 5.74) is 7.08. The zero-order chi connectivity index (χ0) is 14.4. The highest BCUT2D eigenvalue weighted by molar-refractivity contribution is 5.98. The molecule has 0 aliphatic rings. The molecule has 1 aromatic carbocycles. The van der Waals surface area contributed by atoms with Crippen LogP contribution < -0.4 is 11.1 Å². The SMILES string of the molecule is C=CCCOCCNc1c(F)cc(N)c2cccnc12. The first-order valence-electron chi connectivity index (χ1n) is 6.49. The van der Waals surface area contributed by atoms with Crippen molar-refractivity contribution >= 4 is 22.3 Å². The summed E-state index contributed by atoms with van der Waals surface area (Å²) in [5, 5.41) is 3.76. The van der Waals surface area contributed by atoms with Gasteiger partial charge in [-0.1, -0.05) is 6.08 Å². The number of hydrogen-bond donors (Lipinski definition) is 2. The first-order chi connectivity index (χ1) is 9.74. The van der Waals surface area contributed by atoms with E-state index in [-0.39, 0.29) is 0 Å². The van der Waals surface area contributed by atoms with Crippen molar-refractivity contribution in [3.05, 3.63) is 42.9 Å². The van der Waals surface area contributed by atoms with Gasteiger partial charge in [-0.2, -0.15) is 0 Å². The summed E-state index contributed by atoms with van der Waals surface area (Å²) < 4.78 is 19.3. The van der Waals surface area contributed by atoms with Gasteiger partial charge in [-0.15, -0.1) is 6.58 Å². The molecule has 0 amide bonds. The number of pyridine rings is 1. The van der Waals surface area contributed by atoms with E-state index in [0.29, 0.717) is 36.6 Å². The molecule has 3 N–H and O–H groups in total. The maximum atomic E-state index is 14.0. The summed E-state index contributed by atoms with van der Waals surface area (Å²) in [6.45, 7) is 5.23. The van der Waals surface area contributed by atoms with Gasteiger partial charge in [-0.3, -0.25) is 4.98 Å². The Kier molecular flexibility index (Phi) is 4.90. The Balaban J connectivity index is 2.08. The highest BCUT2D eigenvalue weighted by atomic mass is 19.1. The van der Waals surface area contributed by atoms with E-state index in [9.17, 15) is 4.39 Å². The number of nitrogen functional groups attached to an aromatic ring is 1. The predicted molar refractivity (Wildman–Crippen MR) is 80.2 cm³/mol. The molecule has 0 saturated heterocycles. The van der Waals surface area contributed by atoms with Crippen LogP contribution in [0.5, 0.6) is 0 Å². The summed E-state index contributed by atoms with van der Waals surface area (Å²) in [7, 11) is 0. The number of benzene rings is 1. The summed E-state index contributed by atoms with van der Waals surface area (Å²) >= 11 is 0. The van der Waals surface area contributed by atoms with Gasteiger partial charge in [0.25, 0.3) is 0 Å². The molecule has 2 rings (SSSR count). The molecule has 5 heteroatoms. The molecular weight excluding hydrogens is 257 g/mol. The van der Waals surface area contributed by atoms with Crippen molar-refractivity contribution in [2.75, 3.05) is 30.8 Å². The molecule has 0 unspecified atom stereocenters. The van der Waals surface area contributed by atoms with Crippen molar-refractivity contribution in [1.29, 1.82) is 0 Å². The van der Waals surface area contributed by atoms with Gasteiger partial charge in [0, 0.05) is 23.8 Å². The zero-order valence-electron chi connectivity index (χ0n) is 11.2.